The lowest BCUT2D eigenvalue weighted by atomic mass is 10.0. The molecule has 1 fully saturated rings. The summed E-state index contributed by atoms with van der Waals surface area (Å²) in [6.45, 7) is 6.39. The van der Waals surface area contributed by atoms with Gasteiger partial charge >= 0.3 is 0 Å². The largest absolute Gasteiger partial charge is 0.378 e. The highest BCUT2D eigenvalue weighted by atomic mass is 35.5. The molecule has 1 atom stereocenters. The molecular weight excluding hydrogens is 288 g/mol. The van der Waals surface area contributed by atoms with Crippen LogP contribution in [0.2, 0.25) is 0 Å². The van der Waals surface area contributed by atoms with Crippen LogP contribution in [0.3, 0.4) is 0 Å². The smallest absolute Gasteiger partial charge is 0.226 e. The van der Waals surface area contributed by atoms with Crippen molar-refractivity contribution in [3.8, 4) is 0 Å². The number of carbonyl (C=O) groups excluding carboxylic acids is 1. The quantitative estimate of drug-likeness (QED) is 0.878. The number of amides is 1. The molecule has 1 amide bonds. The Labute approximate surface area is 133 Å². The summed E-state index contributed by atoms with van der Waals surface area (Å²) in [7, 11) is 0. The maximum absolute atomic E-state index is 12.1. The van der Waals surface area contributed by atoms with Crippen molar-refractivity contribution in [1.82, 2.24) is 5.32 Å². The average Bonchev–Trinajstić information content (AvgIpc) is 2.48. The molecule has 1 aliphatic rings. The Morgan fingerprint density at radius 2 is 2.19 bits per heavy atom. The molecule has 1 aromatic carbocycles. The molecule has 118 valence electrons. The number of nitrogens with one attached hydrogen (secondary N) is 2. The molecule has 0 bridgehead atoms. The molecule has 0 aliphatic carbocycles. The first-order chi connectivity index (χ1) is 9.72. The van der Waals surface area contributed by atoms with Gasteiger partial charge in [-0.05, 0) is 30.0 Å². The third kappa shape index (κ3) is 5.30. The van der Waals surface area contributed by atoms with E-state index in [9.17, 15) is 4.79 Å². The highest BCUT2D eigenvalue weighted by Gasteiger charge is 2.17. The van der Waals surface area contributed by atoms with Crippen LogP contribution >= 0.6 is 12.4 Å². The highest BCUT2D eigenvalue weighted by Crippen LogP contribution is 2.19. The predicted molar refractivity (Wildman–Crippen MR) is 88.3 cm³/mol. The summed E-state index contributed by atoms with van der Waals surface area (Å²) in [5.74, 6) is 0.0518. The maximum Gasteiger partial charge on any atom is 0.226 e. The van der Waals surface area contributed by atoms with Gasteiger partial charge in [0, 0.05) is 24.7 Å². The van der Waals surface area contributed by atoms with Crippen LogP contribution in [-0.4, -0.2) is 31.7 Å². The molecule has 2 N–H and O–H groups in total. The van der Waals surface area contributed by atoms with Crippen molar-refractivity contribution in [2.24, 2.45) is 0 Å². The van der Waals surface area contributed by atoms with Crippen molar-refractivity contribution in [3.63, 3.8) is 0 Å². The number of anilines is 1. The Bertz CT molecular complexity index is 460. The van der Waals surface area contributed by atoms with Gasteiger partial charge in [0.2, 0.25) is 5.91 Å². The summed E-state index contributed by atoms with van der Waals surface area (Å²) in [4.78, 5) is 12.1. The molecule has 1 aromatic rings. The van der Waals surface area contributed by atoms with Crippen molar-refractivity contribution >= 4 is 24.0 Å². The van der Waals surface area contributed by atoms with Gasteiger partial charge in [-0.15, -0.1) is 12.4 Å². The van der Waals surface area contributed by atoms with Crippen molar-refractivity contribution in [2.45, 2.75) is 39.2 Å². The summed E-state index contributed by atoms with van der Waals surface area (Å²) in [6, 6.07) is 6.45. The molecule has 0 spiro atoms. The van der Waals surface area contributed by atoms with Crippen LogP contribution in [0.1, 0.15) is 31.4 Å². The monoisotopic (exact) mass is 312 g/mol. The molecule has 1 aliphatic heterocycles. The molecule has 0 saturated carbocycles. The van der Waals surface area contributed by atoms with E-state index in [-0.39, 0.29) is 24.4 Å². The number of morpholine rings is 1. The number of halogens is 1. The molecule has 4 nitrogen and oxygen atoms in total. The summed E-state index contributed by atoms with van der Waals surface area (Å²) >= 11 is 0. The van der Waals surface area contributed by atoms with E-state index < -0.39 is 0 Å². The van der Waals surface area contributed by atoms with E-state index in [1.165, 1.54) is 11.1 Å². The maximum atomic E-state index is 12.1. The summed E-state index contributed by atoms with van der Waals surface area (Å²) < 4.78 is 5.37. The number of hydrogen-bond donors (Lipinski definition) is 2. The fourth-order valence-electron chi connectivity index (χ4n) is 2.44. The lowest BCUT2D eigenvalue weighted by Crippen LogP contribution is -2.43. The first-order valence-corrected chi connectivity index (χ1v) is 7.45. The van der Waals surface area contributed by atoms with Gasteiger partial charge in [-0.3, -0.25) is 4.79 Å². The normalized spacial score (nSPS) is 17.9. The Kier molecular flexibility index (Phi) is 7.72. The minimum absolute atomic E-state index is 0. The minimum Gasteiger partial charge on any atom is -0.378 e. The number of hydrogen-bond acceptors (Lipinski definition) is 3. The zero-order valence-electron chi connectivity index (χ0n) is 12.8. The van der Waals surface area contributed by atoms with E-state index in [0.717, 1.165) is 31.7 Å². The van der Waals surface area contributed by atoms with Gasteiger partial charge in [0.25, 0.3) is 0 Å². The summed E-state index contributed by atoms with van der Waals surface area (Å²) in [6.07, 6.45) is 2.36. The Morgan fingerprint density at radius 3 is 2.81 bits per heavy atom. The molecular formula is C16H25ClN2O2. The Morgan fingerprint density at radius 1 is 1.38 bits per heavy atom. The van der Waals surface area contributed by atoms with Crippen LogP contribution in [0.15, 0.2) is 18.2 Å². The van der Waals surface area contributed by atoms with Crippen LogP contribution in [-0.2, 0) is 22.4 Å². The van der Waals surface area contributed by atoms with Crippen molar-refractivity contribution in [1.29, 1.82) is 0 Å². The molecule has 2 rings (SSSR count). The molecule has 0 aromatic heterocycles. The zero-order chi connectivity index (χ0) is 14.4. The van der Waals surface area contributed by atoms with E-state index in [1.807, 2.05) is 0 Å². The van der Waals surface area contributed by atoms with Crippen LogP contribution in [0.25, 0.3) is 0 Å². The van der Waals surface area contributed by atoms with E-state index in [0.29, 0.717) is 13.0 Å². The van der Waals surface area contributed by atoms with Crippen LogP contribution < -0.4 is 10.6 Å². The lowest BCUT2D eigenvalue weighted by Gasteiger charge is -2.23. The predicted octanol–water partition coefficient (Wildman–Crippen LogP) is 2.55. The van der Waals surface area contributed by atoms with E-state index in [2.05, 4.69) is 42.7 Å². The summed E-state index contributed by atoms with van der Waals surface area (Å²) in [5.41, 5.74) is 3.38. The van der Waals surface area contributed by atoms with Crippen molar-refractivity contribution in [2.75, 3.05) is 25.1 Å². The number of benzene rings is 1. The first-order valence-electron chi connectivity index (χ1n) is 7.45. The van der Waals surface area contributed by atoms with Crippen molar-refractivity contribution in [3.05, 3.63) is 29.3 Å². The van der Waals surface area contributed by atoms with E-state index in [1.54, 1.807) is 0 Å². The van der Waals surface area contributed by atoms with Gasteiger partial charge in [-0.25, -0.2) is 0 Å². The van der Waals surface area contributed by atoms with Gasteiger partial charge in [-0.2, -0.15) is 0 Å². The van der Waals surface area contributed by atoms with E-state index >= 15 is 0 Å². The molecule has 1 unspecified atom stereocenters. The Balaban J connectivity index is 0.00000220. The molecule has 1 saturated heterocycles. The van der Waals surface area contributed by atoms with Crippen LogP contribution in [0.5, 0.6) is 0 Å². The SMILES string of the molecule is CCc1ccc(CC)c(NC(=O)CC2COCCN2)c1.Cl. The third-order valence-corrected chi connectivity index (χ3v) is 3.67. The van der Waals surface area contributed by atoms with Gasteiger partial charge in [0.15, 0.2) is 0 Å². The highest BCUT2D eigenvalue weighted by molar-refractivity contribution is 5.92. The lowest BCUT2D eigenvalue weighted by molar-refractivity contribution is -0.117. The second-order valence-corrected chi connectivity index (χ2v) is 5.18. The number of rotatable bonds is 5. The topological polar surface area (TPSA) is 50.4 Å². The second-order valence-electron chi connectivity index (χ2n) is 5.18. The number of aryl methyl sites for hydroxylation is 2. The molecule has 1 heterocycles. The van der Waals surface area contributed by atoms with Gasteiger partial charge in [0.05, 0.1) is 13.2 Å². The minimum atomic E-state index is 0. The fourth-order valence-corrected chi connectivity index (χ4v) is 2.44. The number of ether oxygens (including phenoxy) is 1. The molecule has 5 heteroatoms. The standard InChI is InChI=1S/C16H24N2O2.ClH/c1-3-12-5-6-13(4-2)15(9-12)18-16(19)10-14-11-20-8-7-17-14;/h5-6,9,14,17H,3-4,7-8,10-11H2,1-2H3,(H,18,19);1H. The van der Waals surface area contributed by atoms with Gasteiger partial charge < -0.3 is 15.4 Å². The van der Waals surface area contributed by atoms with Gasteiger partial charge in [-0.1, -0.05) is 26.0 Å². The second kappa shape index (κ2) is 9.03. The fraction of sp³-hybridized carbons (Fsp3) is 0.562. The Hall–Kier alpha value is -1.10. The zero-order valence-corrected chi connectivity index (χ0v) is 13.6. The first kappa shape index (κ1) is 18.0. The van der Waals surface area contributed by atoms with Crippen molar-refractivity contribution < 1.29 is 9.53 Å². The molecule has 21 heavy (non-hydrogen) atoms. The third-order valence-electron chi connectivity index (χ3n) is 3.67. The van der Waals surface area contributed by atoms with Crippen LogP contribution in [0, 0.1) is 0 Å². The van der Waals surface area contributed by atoms with Gasteiger partial charge in [0.1, 0.15) is 0 Å². The average molecular weight is 313 g/mol. The number of carbonyl (C=O) groups is 1. The summed E-state index contributed by atoms with van der Waals surface area (Å²) in [5, 5.41) is 6.35. The molecule has 0 radical (unpaired) electrons. The van der Waals surface area contributed by atoms with E-state index in [4.69, 9.17) is 4.74 Å². The van der Waals surface area contributed by atoms with Crippen LogP contribution in [0.4, 0.5) is 5.69 Å².